The number of aromatic nitrogens is 1. The minimum Gasteiger partial charge on any atom is -0.263 e. The largest absolute Gasteiger partial charge is 0.263 e. The second kappa shape index (κ2) is 5.97. The molecule has 1 aromatic heterocycles. The lowest BCUT2D eigenvalue weighted by molar-refractivity contribution is 0.867. The number of hydrogen-bond donors (Lipinski definition) is 0. The molecule has 0 N–H and O–H groups in total. The summed E-state index contributed by atoms with van der Waals surface area (Å²) in [5.74, 6) is 0.535. The van der Waals surface area contributed by atoms with E-state index in [1.165, 1.54) is 5.56 Å². The van der Waals surface area contributed by atoms with Gasteiger partial charge in [0.05, 0.1) is 5.56 Å². The Morgan fingerprint density at radius 3 is 2.33 bits per heavy atom. The molecule has 0 amide bonds. The van der Waals surface area contributed by atoms with Gasteiger partial charge in [-0.3, -0.25) is 4.98 Å². The van der Waals surface area contributed by atoms with Crippen LogP contribution < -0.4 is 0 Å². The van der Waals surface area contributed by atoms with E-state index in [0.717, 1.165) is 11.1 Å². The normalized spacial score (nSPS) is 9.67. The smallest absolute Gasteiger partial charge is 0.101 e. The number of hydrogen-bond acceptors (Lipinski definition) is 2. The first-order valence-electron chi connectivity index (χ1n) is 5.66. The van der Waals surface area contributed by atoms with Crippen molar-refractivity contribution in [3.05, 3.63) is 53.9 Å². The van der Waals surface area contributed by atoms with Crippen molar-refractivity contribution in [3.8, 4) is 17.2 Å². The SMILES string of the molecule is C.CC(C)c1ccc(-c2cncc(C#N)c2)cc1.[HH]. The molecule has 0 saturated carbocycles. The minimum atomic E-state index is 0. The van der Waals surface area contributed by atoms with Crippen LogP contribution in [0, 0.1) is 11.3 Å². The van der Waals surface area contributed by atoms with Crippen molar-refractivity contribution in [2.24, 2.45) is 0 Å². The monoisotopic (exact) mass is 240 g/mol. The molecule has 2 rings (SSSR count). The quantitative estimate of drug-likeness (QED) is 0.767. The van der Waals surface area contributed by atoms with Crippen LogP contribution in [0.4, 0.5) is 0 Å². The van der Waals surface area contributed by atoms with E-state index >= 15 is 0 Å². The van der Waals surface area contributed by atoms with Gasteiger partial charge in [-0.25, -0.2) is 0 Å². The van der Waals surface area contributed by atoms with Gasteiger partial charge in [0.1, 0.15) is 6.07 Å². The fourth-order valence-electron chi connectivity index (χ4n) is 1.72. The summed E-state index contributed by atoms with van der Waals surface area (Å²) >= 11 is 0. The average Bonchev–Trinajstić information content (AvgIpc) is 2.39. The lowest BCUT2D eigenvalue weighted by atomic mass is 9.99. The summed E-state index contributed by atoms with van der Waals surface area (Å²) < 4.78 is 0. The van der Waals surface area contributed by atoms with Crippen molar-refractivity contribution in [2.45, 2.75) is 27.2 Å². The molecule has 0 aliphatic carbocycles. The van der Waals surface area contributed by atoms with Crippen LogP contribution in [0.25, 0.3) is 11.1 Å². The van der Waals surface area contributed by atoms with E-state index in [9.17, 15) is 0 Å². The Morgan fingerprint density at radius 1 is 1.11 bits per heavy atom. The number of benzene rings is 1. The van der Waals surface area contributed by atoms with Crippen LogP contribution >= 0.6 is 0 Å². The third-order valence-electron chi connectivity index (χ3n) is 2.78. The second-order valence-corrected chi connectivity index (χ2v) is 4.35. The van der Waals surface area contributed by atoms with Gasteiger partial charge in [0.2, 0.25) is 0 Å². The maximum Gasteiger partial charge on any atom is 0.101 e. The van der Waals surface area contributed by atoms with E-state index in [2.05, 4.69) is 49.2 Å². The summed E-state index contributed by atoms with van der Waals surface area (Å²) in [5, 5.41) is 8.84. The predicted molar refractivity (Wildman–Crippen MR) is 77.3 cm³/mol. The number of pyridine rings is 1. The van der Waals surface area contributed by atoms with Crippen LogP contribution in [0.2, 0.25) is 0 Å². The highest BCUT2D eigenvalue weighted by Gasteiger charge is 2.02. The molecule has 2 nitrogen and oxygen atoms in total. The van der Waals surface area contributed by atoms with Gasteiger partial charge in [0, 0.05) is 19.4 Å². The van der Waals surface area contributed by atoms with Crippen LogP contribution in [0.5, 0.6) is 0 Å². The van der Waals surface area contributed by atoms with Gasteiger partial charge in [-0.2, -0.15) is 5.26 Å². The molecule has 0 unspecified atom stereocenters. The van der Waals surface area contributed by atoms with E-state index in [1.807, 2.05) is 6.07 Å². The van der Waals surface area contributed by atoms with E-state index in [0.29, 0.717) is 11.5 Å². The van der Waals surface area contributed by atoms with Crippen molar-refractivity contribution < 1.29 is 1.43 Å². The Kier molecular flexibility index (Phi) is 4.62. The van der Waals surface area contributed by atoms with E-state index in [1.54, 1.807) is 12.4 Å². The molecule has 0 aliphatic rings. The summed E-state index contributed by atoms with van der Waals surface area (Å²) in [6, 6.07) is 12.4. The molecule has 2 heteroatoms. The van der Waals surface area contributed by atoms with Gasteiger partial charge in [-0.15, -0.1) is 0 Å². The highest BCUT2D eigenvalue weighted by molar-refractivity contribution is 5.64. The molecule has 0 bridgehead atoms. The summed E-state index contributed by atoms with van der Waals surface area (Å²) in [5.41, 5.74) is 3.99. The zero-order chi connectivity index (χ0) is 12.3. The lowest BCUT2D eigenvalue weighted by Crippen LogP contribution is -1.87. The van der Waals surface area contributed by atoms with Crippen molar-refractivity contribution in [1.82, 2.24) is 4.98 Å². The third kappa shape index (κ3) is 2.95. The minimum absolute atomic E-state index is 0. The summed E-state index contributed by atoms with van der Waals surface area (Å²) in [4.78, 5) is 4.07. The highest BCUT2D eigenvalue weighted by Crippen LogP contribution is 2.22. The number of nitriles is 1. The summed E-state index contributed by atoms with van der Waals surface area (Å²) in [6.07, 6.45) is 3.36. The van der Waals surface area contributed by atoms with Gasteiger partial charge in [-0.05, 0) is 23.1 Å². The Labute approximate surface area is 110 Å². The highest BCUT2D eigenvalue weighted by atomic mass is 14.6. The zero-order valence-corrected chi connectivity index (χ0v) is 10.0. The molecule has 0 spiro atoms. The molecule has 18 heavy (non-hydrogen) atoms. The maximum atomic E-state index is 8.84. The van der Waals surface area contributed by atoms with Gasteiger partial charge in [0.15, 0.2) is 0 Å². The first kappa shape index (κ1) is 13.9. The van der Waals surface area contributed by atoms with E-state index in [4.69, 9.17) is 5.26 Å². The Balaban J connectivity index is 0.00000162. The molecule has 0 radical (unpaired) electrons. The van der Waals surface area contributed by atoms with E-state index < -0.39 is 0 Å². The van der Waals surface area contributed by atoms with Gasteiger partial charge < -0.3 is 0 Å². The molecular formula is C16H20N2. The van der Waals surface area contributed by atoms with E-state index in [-0.39, 0.29) is 8.85 Å². The third-order valence-corrected chi connectivity index (χ3v) is 2.78. The van der Waals surface area contributed by atoms with Crippen molar-refractivity contribution in [1.29, 1.82) is 5.26 Å². The van der Waals surface area contributed by atoms with Crippen LogP contribution in [-0.2, 0) is 0 Å². The molecule has 94 valence electrons. The number of nitrogens with zero attached hydrogens (tertiary/aromatic N) is 2. The van der Waals surface area contributed by atoms with Crippen LogP contribution in [0.3, 0.4) is 0 Å². The Hall–Kier alpha value is -2.14. The molecule has 0 aliphatic heterocycles. The molecule has 1 heterocycles. The second-order valence-electron chi connectivity index (χ2n) is 4.35. The molecule has 1 aromatic carbocycles. The van der Waals surface area contributed by atoms with Crippen LogP contribution in [-0.4, -0.2) is 4.98 Å². The molecule has 2 aromatic rings. The zero-order valence-electron chi connectivity index (χ0n) is 10.0. The summed E-state index contributed by atoms with van der Waals surface area (Å²) in [6.45, 7) is 4.35. The first-order chi connectivity index (χ1) is 8.20. The van der Waals surface area contributed by atoms with Crippen molar-refractivity contribution in [3.63, 3.8) is 0 Å². The molecule has 0 saturated heterocycles. The standard InChI is InChI=1S/C15H14N2.CH4.H2/c1-11(2)13-3-5-14(6-4-13)15-7-12(8-16)9-17-10-15;;/h3-7,9-11H,1-2H3;1H4;1H. The molecule has 0 atom stereocenters. The Morgan fingerprint density at radius 2 is 1.78 bits per heavy atom. The van der Waals surface area contributed by atoms with Gasteiger partial charge in [-0.1, -0.05) is 45.5 Å². The lowest BCUT2D eigenvalue weighted by Gasteiger charge is -2.06. The van der Waals surface area contributed by atoms with Crippen molar-refractivity contribution >= 4 is 0 Å². The fourth-order valence-corrected chi connectivity index (χ4v) is 1.72. The van der Waals surface area contributed by atoms with Crippen molar-refractivity contribution in [2.75, 3.05) is 0 Å². The topological polar surface area (TPSA) is 36.7 Å². The first-order valence-corrected chi connectivity index (χ1v) is 5.66. The predicted octanol–water partition coefficient (Wildman–Crippen LogP) is 4.63. The fraction of sp³-hybridized carbons (Fsp3) is 0.250. The summed E-state index contributed by atoms with van der Waals surface area (Å²) in [7, 11) is 0. The molecular weight excluding hydrogens is 220 g/mol. The van der Waals surface area contributed by atoms with Gasteiger partial charge >= 0.3 is 0 Å². The van der Waals surface area contributed by atoms with Crippen LogP contribution in [0.1, 0.15) is 39.7 Å². The molecule has 0 fully saturated rings. The average molecular weight is 240 g/mol. The van der Waals surface area contributed by atoms with Crippen LogP contribution in [0.15, 0.2) is 42.7 Å². The van der Waals surface area contributed by atoms with Gasteiger partial charge in [0.25, 0.3) is 0 Å². The number of rotatable bonds is 2. The Bertz CT molecular complexity index is 554. The maximum absolute atomic E-state index is 8.84.